The van der Waals surface area contributed by atoms with Gasteiger partial charge in [-0.15, -0.1) is 0 Å². The third-order valence-electron chi connectivity index (χ3n) is 14.3. The van der Waals surface area contributed by atoms with E-state index in [0.717, 1.165) is 11.4 Å². The van der Waals surface area contributed by atoms with Gasteiger partial charge in [0.05, 0.1) is 55.5 Å². The first-order chi connectivity index (χ1) is 32.8. The van der Waals surface area contributed by atoms with Crippen molar-refractivity contribution in [3.8, 4) is 22.7 Å². The second-order valence-corrected chi connectivity index (χ2v) is 17.6. The number of para-hydroxylation sites is 4. The molecule has 0 aliphatic carbocycles. The van der Waals surface area contributed by atoms with Gasteiger partial charge < -0.3 is 18.3 Å². The monoisotopic (exact) mass is 838 g/mol. The first-order valence-electron chi connectivity index (χ1n) is 22.8. The number of fused-ring (bicyclic) bond motifs is 17. The maximum atomic E-state index is 2.56. The molecule has 0 aliphatic heterocycles. The molecular formula is C62H38N4. The third kappa shape index (κ3) is 4.66. The highest BCUT2D eigenvalue weighted by Crippen LogP contribution is 2.49. The van der Waals surface area contributed by atoms with Crippen molar-refractivity contribution in [1.82, 2.24) is 18.3 Å². The fourth-order valence-corrected chi connectivity index (χ4v) is 11.7. The smallest absolute Gasteiger partial charge is 0.0562 e. The van der Waals surface area contributed by atoms with Crippen LogP contribution in [0.2, 0.25) is 0 Å². The molecule has 306 valence electrons. The normalized spacial score (nSPS) is 12.2. The van der Waals surface area contributed by atoms with Gasteiger partial charge in [-0.25, -0.2) is 0 Å². The molecule has 0 bridgehead atoms. The Labute approximate surface area is 378 Å². The van der Waals surface area contributed by atoms with Crippen molar-refractivity contribution < 1.29 is 0 Å². The summed E-state index contributed by atoms with van der Waals surface area (Å²) >= 11 is 0. The molecule has 11 aromatic carbocycles. The fraction of sp³-hybridized carbons (Fsp3) is 0. The molecule has 0 atom stereocenters. The number of aromatic nitrogens is 4. The first-order valence-corrected chi connectivity index (χ1v) is 22.8. The summed E-state index contributed by atoms with van der Waals surface area (Å²) in [6, 6.07) is 85.0. The van der Waals surface area contributed by atoms with Gasteiger partial charge in [0, 0.05) is 54.5 Å². The van der Waals surface area contributed by atoms with Crippen LogP contribution in [0.25, 0.3) is 132 Å². The third-order valence-corrected chi connectivity index (χ3v) is 14.3. The highest BCUT2D eigenvalue weighted by Gasteiger charge is 2.26. The molecule has 0 saturated carbocycles. The average molecular weight is 839 g/mol. The summed E-state index contributed by atoms with van der Waals surface area (Å²) in [5.74, 6) is 0. The minimum atomic E-state index is 1.15. The summed E-state index contributed by atoms with van der Waals surface area (Å²) in [5.41, 5.74) is 14.1. The molecular weight excluding hydrogens is 801 g/mol. The average Bonchev–Trinajstić information content (AvgIpc) is 4.12. The Balaban J connectivity index is 1.15. The van der Waals surface area contributed by atoms with Gasteiger partial charge in [-0.05, 0) is 106 Å². The maximum Gasteiger partial charge on any atom is 0.0562 e. The molecule has 0 aliphatic rings. The Kier molecular flexibility index (Phi) is 7.19. The predicted molar refractivity (Wildman–Crippen MR) is 279 cm³/mol. The van der Waals surface area contributed by atoms with Crippen LogP contribution in [0.1, 0.15) is 0 Å². The van der Waals surface area contributed by atoms with Crippen LogP contribution in [0.15, 0.2) is 231 Å². The second kappa shape index (κ2) is 13.3. The molecule has 4 nitrogen and oxygen atoms in total. The molecule has 4 aromatic heterocycles. The molecule has 15 rings (SSSR count). The molecule has 0 N–H and O–H groups in total. The zero-order valence-corrected chi connectivity index (χ0v) is 35.7. The molecule has 4 heteroatoms. The van der Waals surface area contributed by atoms with Crippen molar-refractivity contribution in [2.24, 2.45) is 0 Å². The van der Waals surface area contributed by atoms with Gasteiger partial charge in [0.15, 0.2) is 0 Å². The van der Waals surface area contributed by atoms with Gasteiger partial charge in [0.2, 0.25) is 0 Å². The quantitative estimate of drug-likeness (QED) is 0.168. The van der Waals surface area contributed by atoms with E-state index >= 15 is 0 Å². The summed E-state index contributed by atoms with van der Waals surface area (Å²) in [4.78, 5) is 0. The Morgan fingerprint density at radius 2 is 0.515 bits per heavy atom. The molecule has 4 heterocycles. The predicted octanol–water partition coefficient (Wildman–Crippen LogP) is 16.4. The first kappa shape index (κ1) is 35.6. The van der Waals surface area contributed by atoms with Crippen LogP contribution in [0, 0.1) is 0 Å². The zero-order valence-electron chi connectivity index (χ0n) is 35.7. The summed E-state index contributed by atoms with van der Waals surface area (Å²) in [6.45, 7) is 0. The maximum absolute atomic E-state index is 2.56. The van der Waals surface area contributed by atoms with Crippen molar-refractivity contribution in [3.63, 3.8) is 0 Å². The number of hydrogen-bond acceptors (Lipinski definition) is 0. The van der Waals surface area contributed by atoms with Crippen molar-refractivity contribution in [2.45, 2.75) is 0 Å². The summed E-state index contributed by atoms with van der Waals surface area (Å²) < 4.78 is 9.96. The lowest BCUT2D eigenvalue weighted by Crippen LogP contribution is -1.97. The standard InChI is InChI=1S/C62H38N4/c1-3-19-41(20-4-1)63-47-27-13-11-25-45(47)57-49(63)29-15-31-51(57)65-53-35-33-39-17-7-9-23-43(39)59(53)61-55(65)37-38-56-62(61)60-44-24-10-8-18-40(44)34-36-54(60)66(56)52-32-16-30-50-58(52)46-26-12-14-28-48(46)64(50)42-21-5-2-6-22-42/h1-38H. The zero-order chi connectivity index (χ0) is 43.0. The van der Waals surface area contributed by atoms with Crippen LogP contribution >= 0.6 is 0 Å². The van der Waals surface area contributed by atoms with Gasteiger partial charge in [-0.3, -0.25) is 0 Å². The summed E-state index contributed by atoms with van der Waals surface area (Å²) in [5, 5.41) is 15.0. The van der Waals surface area contributed by atoms with E-state index in [1.807, 2.05) is 0 Å². The van der Waals surface area contributed by atoms with Gasteiger partial charge in [0.1, 0.15) is 0 Å². The molecule has 15 aromatic rings. The van der Waals surface area contributed by atoms with Crippen molar-refractivity contribution >= 4 is 109 Å². The SMILES string of the molecule is c1ccc(-n2c3ccccc3c3c(-n4c5ccc6ccccc6c5c5c6c7c8ccccc8ccc7n(-c7cccc8c7c7ccccc7n8-c7ccccc7)c6ccc54)cccc32)cc1. The highest BCUT2D eigenvalue weighted by molar-refractivity contribution is 6.37. The van der Waals surface area contributed by atoms with Crippen LogP contribution in [0.5, 0.6) is 0 Å². The minimum Gasteiger partial charge on any atom is -0.309 e. The lowest BCUT2D eigenvalue weighted by atomic mass is 9.98. The van der Waals surface area contributed by atoms with Gasteiger partial charge in [-0.1, -0.05) is 146 Å². The Morgan fingerprint density at radius 1 is 0.182 bits per heavy atom. The molecule has 0 fully saturated rings. The van der Waals surface area contributed by atoms with E-state index < -0.39 is 0 Å². The molecule has 0 unspecified atom stereocenters. The molecule has 0 saturated heterocycles. The van der Waals surface area contributed by atoms with E-state index in [1.165, 1.54) is 120 Å². The van der Waals surface area contributed by atoms with Crippen LogP contribution < -0.4 is 0 Å². The topological polar surface area (TPSA) is 19.7 Å². The molecule has 66 heavy (non-hydrogen) atoms. The highest BCUT2D eigenvalue weighted by atomic mass is 15.0. The van der Waals surface area contributed by atoms with E-state index in [4.69, 9.17) is 0 Å². The Hall–Kier alpha value is -8.86. The molecule has 0 radical (unpaired) electrons. The molecule has 0 spiro atoms. The largest absolute Gasteiger partial charge is 0.309 e. The van der Waals surface area contributed by atoms with Crippen LogP contribution in [0.3, 0.4) is 0 Å². The van der Waals surface area contributed by atoms with Crippen molar-refractivity contribution in [2.75, 3.05) is 0 Å². The van der Waals surface area contributed by atoms with Gasteiger partial charge in [0.25, 0.3) is 0 Å². The van der Waals surface area contributed by atoms with Crippen LogP contribution in [0.4, 0.5) is 0 Å². The Bertz CT molecular complexity index is 4210. The lowest BCUT2D eigenvalue weighted by molar-refractivity contribution is 1.17. The van der Waals surface area contributed by atoms with Crippen molar-refractivity contribution in [3.05, 3.63) is 231 Å². The summed E-state index contributed by atoms with van der Waals surface area (Å²) in [6.07, 6.45) is 0. The van der Waals surface area contributed by atoms with E-state index in [1.54, 1.807) is 0 Å². The molecule has 0 amide bonds. The van der Waals surface area contributed by atoms with E-state index in [2.05, 4.69) is 249 Å². The van der Waals surface area contributed by atoms with E-state index in [9.17, 15) is 0 Å². The number of benzene rings is 11. The van der Waals surface area contributed by atoms with Gasteiger partial charge in [-0.2, -0.15) is 0 Å². The van der Waals surface area contributed by atoms with Gasteiger partial charge >= 0.3 is 0 Å². The van der Waals surface area contributed by atoms with E-state index in [0.29, 0.717) is 0 Å². The number of hydrogen-bond donors (Lipinski definition) is 0. The number of rotatable bonds is 4. The van der Waals surface area contributed by atoms with Crippen LogP contribution in [-0.2, 0) is 0 Å². The summed E-state index contributed by atoms with van der Waals surface area (Å²) in [7, 11) is 0. The fourth-order valence-electron chi connectivity index (χ4n) is 11.7. The second-order valence-electron chi connectivity index (χ2n) is 17.6. The van der Waals surface area contributed by atoms with Crippen LogP contribution in [-0.4, -0.2) is 18.3 Å². The van der Waals surface area contributed by atoms with Crippen molar-refractivity contribution in [1.29, 1.82) is 0 Å². The minimum absolute atomic E-state index is 1.15. The van der Waals surface area contributed by atoms with E-state index in [-0.39, 0.29) is 0 Å². The lowest BCUT2D eigenvalue weighted by Gasteiger charge is -2.13. The Morgan fingerprint density at radius 3 is 0.970 bits per heavy atom. The number of nitrogens with zero attached hydrogens (tertiary/aromatic N) is 4.